The van der Waals surface area contributed by atoms with Gasteiger partial charge in [-0.25, -0.2) is 0 Å². The number of benzene rings is 1. The van der Waals surface area contributed by atoms with Crippen LogP contribution in [0.15, 0.2) is 18.2 Å². The molecule has 0 radical (unpaired) electrons. The van der Waals surface area contributed by atoms with Crippen LogP contribution in [0.5, 0.6) is 0 Å². The van der Waals surface area contributed by atoms with E-state index in [2.05, 4.69) is 15.9 Å². The van der Waals surface area contributed by atoms with Gasteiger partial charge >= 0.3 is 0 Å². The van der Waals surface area contributed by atoms with Gasteiger partial charge in [-0.1, -0.05) is 39.7 Å². The molecule has 17 heavy (non-hydrogen) atoms. The Kier molecular flexibility index (Phi) is 5.47. The molecule has 0 spiro atoms. The second-order valence-electron chi connectivity index (χ2n) is 4.22. The van der Waals surface area contributed by atoms with Gasteiger partial charge in [0.25, 0.3) is 5.91 Å². The van der Waals surface area contributed by atoms with Crippen molar-refractivity contribution in [2.75, 3.05) is 11.9 Å². The molecule has 94 valence electrons. The highest BCUT2D eigenvalue weighted by atomic mass is 79.9. The van der Waals surface area contributed by atoms with Gasteiger partial charge in [-0.2, -0.15) is 0 Å². The maximum Gasteiger partial charge on any atom is 0.255 e. The third kappa shape index (κ3) is 3.46. The van der Waals surface area contributed by atoms with E-state index in [1.54, 1.807) is 6.07 Å². The van der Waals surface area contributed by atoms with Crippen LogP contribution in [0.1, 0.15) is 29.8 Å². The zero-order valence-corrected chi connectivity index (χ0v) is 12.7. The van der Waals surface area contributed by atoms with Crippen LogP contribution in [0.25, 0.3) is 0 Å². The highest BCUT2D eigenvalue weighted by Crippen LogP contribution is 2.22. The fraction of sp³-hybridized carbons (Fsp3) is 0.462. The highest BCUT2D eigenvalue weighted by Gasteiger charge is 2.20. The third-order valence-corrected chi connectivity index (χ3v) is 3.49. The quantitative estimate of drug-likeness (QED) is 0.771. The van der Waals surface area contributed by atoms with Crippen LogP contribution in [0, 0.1) is 6.92 Å². The van der Waals surface area contributed by atoms with Crippen molar-refractivity contribution in [3.63, 3.8) is 0 Å². The monoisotopic (exact) mass is 317 g/mol. The summed E-state index contributed by atoms with van der Waals surface area (Å²) in [5.41, 5.74) is 1.52. The number of carbonyl (C=O) groups excluding carboxylic acids is 1. The largest absolute Gasteiger partial charge is 0.335 e. The Balaban J connectivity index is 3.05. The zero-order valence-electron chi connectivity index (χ0n) is 10.3. The Morgan fingerprint density at radius 1 is 1.47 bits per heavy atom. The van der Waals surface area contributed by atoms with Crippen molar-refractivity contribution in [3.05, 3.63) is 34.3 Å². The molecule has 1 aromatic carbocycles. The first-order valence-corrected chi connectivity index (χ1v) is 7.11. The Hall–Kier alpha value is -0.540. The van der Waals surface area contributed by atoms with E-state index >= 15 is 0 Å². The molecule has 0 aliphatic rings. The van der Waals surface area contributed by atoms with Crippen LogP contribution in [0.2, 0.25) is 5.02 Å². The number of carbonyl (C=O) groups is 1. The molecule has 0 aliphatic carbocycles. The van der Waals surface area contributed by atoms with Crippen molar-refractivity contribution in [3.8, 4) is 0 Å². The molecular formula is C13H17BrClNO. The zero-order chi connectivity index (χ0) is 13.0. The molecule has 0 aromatic heterocycles. The molecule has 2 nitrogen and oxygen atoms in total. The number of alkyl halides is 1. The number of aryl methyl sites for hydroxylation is 1. The number of halogens is 2. The summed E-state index contributed by atoms with van der Waals surface area (Å²) in [6, 6.07) is 5.71. The molecule has 0 bridgehead atoms. The maximum absolute atomic E-state index is 12.4. The number of hydrogen-bond donors (Lipinski definition) is 0. The fourth-order valence-corrected chi connectivity index (χ4v) is 2.24. The number of hydrogen-bond acceptors (Lipinski definition) is 1. The van der Waals surface area contributed by atoms with E-state index in [0.717, 1.165) is 10.9 Å². The Morgan fingerprint density at radius 3 is 2.65 bits per heavy atom. The van der Waals surface area contributed by atoms with Crippen LogP contribution in [0.3, 0.4) is 0 Å². The molecule has 0 heterocycles. The van der Waals surface area contributed by atoms with Gasteiger partial charge < -0.3 is 4.90 Å². The van der Waals surface area contributed by atoms with E-state index in [1.807, 2.05) is 37.8 Å². The number of amides is 1. The van der Waals surface area contributed by atoms with Crippen LogP contribution in [-0.2, 0) is 0 Å². The molecule has 4 heteroatoms. The predicted octanol–water partition coefficient (Wildman–Crippen LogP) is 3.89. The van der Waals surface area contributed by atoms with E-state index in [4.69, 9.17) is 11.6 Å². The average Bonchev–Trinajstić information content (AvgIpc) is 2.28. The summed E-state index contributed by atoms with van der Waals surface area (Å²) in [7, 11) is 0. The van der Waals surface area contributed by atoms with E-state index in [1.165, 1.54) is 0 Å². The highest BCUT2D eigenvalue weighted by molar-refractivity contribution is 9.09. The van der Waals surface area contributed by atoms with Crippen molar-refractivity contribution in [1.82, 2.24) is 4.90 Å². The summed E-state index contributed by atoms with van der Waals surface area (Å²) >= 11 is 9.54. The lowest BCUT2D eigenvalue weighted by Gasteiger charge is -2.26. The van der Waals surface area contributed by atoms with Gasteiger partial charge in [-0.05, 0) is 32.4 Å². The summed E-state index contributed by atoms with van der Waals surface area (Å²) < 4.78 is 0. The van der Waals surface area contributed by atoms with Crippen molar-refractivity contribution in [2.24, 2.45) is 0 Å². The first-order valence-electron chi connectivity index (χ1n) is 5.61. The van der Waals surface area contributed by atoms with E-state index in [0.29, 0.717) is 17.1 Å². The van der Waals surface area contributed by atoms with Gasteiger partial charge in [-0.15, -0.1) is 0 Å². The Bertz CT molecular complexity index is 406. The summed E-state index contributed by atoms with van der Waals surface area (Å²) in [6.07, 6.45) is 0. The van der Waals surface area contributed by atoms with Gasteiger partial charge in [0.05, 0.1) is 10.6 Å². The van der Waals surface area contributed by atoms with Crippen molar-refractivity contribution >= 4 is 33.4 Å². The van der Waals surface area contributed by atoms with Gasteiger partial charge in [0.2, 0.25) is 0 Å². The molecule has 0 fully saturated rings. The minimum absolute atomic E-state index is 0.00634. The van der Waals surface area contributed by atoms with Crippen molar-refractivity contribution < 1.29 is 4.79 Å². The molecule has 1 amide bonds. The SMILES string of the molecule is Cc1cccc(C(=O)N(CCBr)C(C)C)c1Cl. The first-order chi connectivity index (χ1) is 7.99. The molecule has 0 aliphatic heterocycles. The van der Waals surface area contributed by atoms with E-state index in [9.17, 15) is 4.79 Å². The standard InChI is InChI=1S/C13H17BrClNO/c1-9(2)16(8-7-14)13(17)11-6-4-5-10(3)12(11)15/h4-6,9H,7-8H2,1-3H3. The maximum atomic E-state index is 12.4. The number of nitrogens with zero attached hydrogens (tertiary/aromatic N) is 1. The average molecular weight is 319 g/mol. The molecule has 0 saturated carbocycles. The van der Waals surface area contributed by atoms with Gasteiger partial charge in [-0.3, -0.25) is 4.79 Å². The van der Waals surface area contributed by atoms with Crippen LogP contribution >= 0.6 is 27.5 Å². The first kappa shape index (κ1) is 14.5. The van der Waals surface area contributed by atoms with Gasteiger partial charge in [0.1, 0.15) is 0 Å². The van der Waals surface area contributed by atoms with Gasteiger partial charge in [0, 0.05) is 17.9 Å². The lowest BCUT2D eigenvalue weighted by Crippen LogP contribution is -2.38. The fourth-order valence-electron chi connectivity index (χ4n) is 1.65. The van der Waals surface area contributed by atoms with E-state index < -0.39 is 0 Å². The summed E-state index contributed by atoms with van der Waals surface area (Å²) in [4.78, 5) is 14.2. The van der Waals surface area contributed by atoms with Crippen LogP contribution in [0.4, 0.5) is 0 Å². The topological polar surface area (TPSA) is 20.3 Å². The van der Waals surface area contributed by atoms with E-state index in [-0.39, 0.29) is 11.9 Å². The molecule has 0 saturated heterocycles. The normalized spacial score (nSPS) is 10.7. The summed E-state index contributed by atoms with van der Waals surface area (Å²) in [5.74, 6) is -0.00634. The summed E-state index contributed by atoms with van der Waals surface area (Å²) in [6.45, 7) is 6.60. The van der Waals surface area contributed by atoms with Gasteiger partial charge in [0.15, 0.2) is 0 Å². The van der Waals surface area contributed by atoms with Crippen LogP contribution < -0.4 is 0 Å². The molecular weight excluding hydrogens is 302 g/mol. The Labute approximate surface area is 116 Å². The second kappa shape index (κ2) is 6.41. The molecule has 1 aromatic rings. The minimum Gasteiger partial charge on any atom is -0.335 e. The van der Waals surface area contributed by atoms with Crippen molar-refractivity contribution in [1.29, 1.82) is 0 Å². The smallest absolute Gasteiger partial charge is 0.255 e. The predicted molar refractivity (Wildman–Crippen MR) is 76.2 cm³/mol. The third-order valence-electron chi connectivity index (χ3n) is 2.63. The minimum atomic E-state index is -0.00634. The molecule has 0 atom stereocenters. The van der Waals surface area contributed by atoms with Crippen LogP contribution in [-0.4, -0.2) is 28.7 Å². The molecule has 1 rings (SSSR count). The summed E-state index contributed by atoms with van der Waals surface area (Å²) in [5, 5.41) is 1.32. The molecule has 0 N–H and O–H groups in total. The Morgan fingerprint density at radius 2 is 2.12 bits per heavy atom. The lowest BCUT2D eigenvalue weighted by atomic mass is 10.1. The van der Waals surface area contributed by atoms with Crippen molar-refractivity contribution in [2.45, 2.75) is 26.8 Å². The number of rotatable bonds is 4. The second-order valence-corrected chi connectivity index (χ2v) is 5.39. The lowest BCUT2D eigenvalue weighted by molar-refractivity contribution is 0.0719. The molecule has 0 unspecified atom stereocenters.